The van der Waals surface area contributed by atoms with Gasteiger partial charge in [-0.05, 0) is 30.7 Å². The molecular formula is C13H10FN3O3. The van der Waals surface area contributed by atoms with Gasteiger partial charge in [-0.2, -0.15) is 4.39 Å². The summed E-state index contributed by atoms with van der Waals surface area (Å²) in [5.74, 6) is -1.72. The summed E-state index contributed by atoms with van der Waals surface area (Å²) in [6.45, 7) is 1.73. The normalized spacial score (nSPS) is 10.1. The Hall–Kier alpha value is -2.83. The average molecular weight is 275 g/mol. The number of carbonyl (C=O) groups is 1. The van der Waals surface area contributed by atoms with E-state index in [4.69, 9.17) is 0 Å². The fourth-order valence-corrected chi connectivity index (χ4v) is 1.65. The number of aryl methyl sites for hydroxylation is 1. The van der Waals surface area contributed by atoms with Gasteiger partial charge in [0.25, 0.3) is 11.6 Å². The number of aromatic nitrogens is 1. The van der Waals surface area contributed by atoms with Gasteiger partial charge in [-0.1, -0.05) is 6.07 Å². The monoisotopic (exact) mass is 275 g/mol. The van der Waals surface area contributed by atoms with Crippen LogP contribution in [-0.2, 0) is 0 Å². The van der Waals surface area contributed by atoms with E-state index in [-0.39, 0.29) is 16.9 Å². The molecule has 0 bridgehead atoms. The predicted octanol–water partition coefficient (Wildman–Crippen LogP) is 2.69. The van der Waals surface area contributed by atoms with Crippen molar-refractivity contribution in [2.75, 3.05) is 5.32 Å². The summed E-state index contributed by atoms with van der Waals surface area (Å²) in [6.07, 6.45) is 1.21. The van der Waals surface area contributed by atoms with E-state index in [1.54, 1.807) is 13.0 Å². The molecule has 0 unspecified atom stereocenters. The quantitative estimate of drug-likeness (QED) is 0.530. The molecule has 1 heterocycles. The van der Waals surface area contributed by atoms with Crippen LogP contribution in [-0.4, -0.2) is 15.8 Å². The van der Waals surface area contributed by atoms with Gasteiger partial charge in [0, 0.05) is 12.3 Å². The minimum atomic E-state index is -0.930. The molecule has 0 fully saturated rings. The SMILES string of the molecule is Cc1ccc([N+](=O)[O-])c(NC(=O)c2cccnc2F)c1. The Bertz CT molecular complexity index is 688. The zero-order valence-corrected chi connectivity index (χ0v) is 10.5. The lowest BCUT2D eigenvalue weighted by molar-refractivity contribution is -0.383. The minimum Gasteiger partial charge on any atom is -0.316 e. The minimum absolute atomic E-state index is 0.0169. The zero-order valence-electron chi connectivity index (χ0n) is 10.5. The number of pyridine rings is 1. The van der Waals surface area contributed by atoms with Crippen LogP contribution in [0.25, 0.3) is 0 Å². The van der Waals surface area contributed by atoms with Gasteiger partial charge in [0.2, 0.25) is 5.95 Å². The Kier molecular flexibility index (Phi) is 3.69. The van der Waals surface area contributed by atoms with Crippen LogP contribution < -0.4 is 5.32 Å². The number of amides is 1. The number of rotatable bonds is 3. The summed E-state index contributed by atoms with van der Waals surface area (Å²) in [4.78, 5) is 25.5. The molecule has 20 heavy (non-hydrogen) atoms. The van der Waals surface area contributed by atoms with Gasteiger partial charge in [-0.3, -0.25) is 14.9 Å². The summed E-state index contributed by atoms with van der Waals surface area (Å²) < 4.78 is 13.4. The smallest absolute Gasteiger partial charge is 0.292 e. The maximum atomic E-state index is 13.4. The van der Waals surface area contributed by atoms with Crippen LogP contribution in [0.4, 0.5) is 15.8 Å². The standard InChI is InChI=1S/C13H10FN3O3/c1-8-4-5-11(17(19)20)10(7-8)16-13(18)9-3-2-6-15-12(9)14/h2-7H,1H3,(H,16,18). The summed E-state index contributed by atoms with van der Waals surface area (Å²) in [7, 11) is 0. The Morgan fingerprint density at radius 2 is 2.15 bits per heavy atom. The second kappa shape index (κ2) is 5.43. The molecule has 0 atom stereocenters. The highest BCUT2D eigenvalue weighted by molar-refractivity contribution is 6.05. The lowest BCUT2D eigenvalue weighted by atomic mass is 10.2. The molecule has 7 heteroatoms. The van der Waals surface area contributed by atoms with Crippen LogP contribution in [0.5, 0.6) is 0 Å². The fraction of sp³-hybridized carbons (Fsp3) is 0.0769. The molecule has 0 aliphatic carbocycles. The van der Waals surface area contributed by atoms with Gasteiger partial charge in [0.1, 0.15) is 5.69 Å². The van der Waals surface area contributed by atoms with Gasteiger partial charge in [0.15, 0.2) is 0 Å². The molecule has 6 nitrogen and oxygen atoms in total. The highest BCUT2D eigenvalue weighted by Gasteiger charge is 2.18. The lowest BCUT2D eigenvalue weighted by Gasteiger charge is -2.07. The Labute approximate surface area is 113 Å². The summed E-state index contributed by atoms with van der Waals surface area (Å²) in [5.41, 5.74) is 0.220. The maximum absolute atomic E-state index is 13.4. The topological polar surface area (TPSA) is 85.1 Å². The molecule has 1 aromatic heterocycles. The number of nitrogens with zero attached hydrogens (tertiary/aromatic N) is 2. The number of nitrogens with one attached hydrogen (secondary N) is 1. The lowest BCUT2D eigenvalue weighted by Crippen LogP contribution is -2.15. The first-order chi connectivity index (χ1) is 9.49. The molecule has 2 aromatic rings. The summed E-state index contributed by atoms with van der Waals surface area (Å²) >= 11 is 0. The molecule has 0 saturated carbocycles. The molecule has 0 aliphatic rings. The summed E-state index contributed by atoms with van der Waals surface area (Å²) in [6, 6.07) is 6.94. The first-order valence-corrected chi connectivity index (χ1v) is 5.66. The van der Waals surface area contributed by atoms with Crippen molar-refractivity contribution in [3.63, 3.8) is 0 Å². The van der Waals surface area contributed by atoms with Crippen molar-refractivity contribution >= 4 is 17.3 Å². The number of halogens is 1. The van der Waals surface area contributed by atoms with Crippen molar-refractivity contribution in [2.24, 2.45) is 0 Å². The van der Waals surface area contributed by atoms with E-state index < -0.39 is 16.8 Å². The number of anilines is 1. The Morgan fingerprint density at radius 1 is 1.40 bits per heavy atom. The van der Waals surface area contributed by atoms with Crippen molar-refractivity contribution in [2.45, 2.75) is 6.92 Å². The first-order valence-electron chi connectivity index (χ1n) is 5.66. The van der Waals surface area contributed by atoms with E-state index in [0.29, 0.717) is 0 Å². The number of nitro groups is 1. The van der Waals surface area contributed by atoms with Crippen molar-refractivity contribution in [1.82, 2.24) is 4.98 Å². The van der Waals surface area contributed by atoms with E-state index in [9.17, 15) is 19.3 Å². The van der Waals surface area contributed by atoms with Crippen LogP contribution in [0.15, 0.2) is 36.5 Å². The molecule has 0 saturated heterocycles. The van der Waals surface area contributed by atoms with Crippen LogP contribution in [0.3, 0.4) is 0 Å². The number of nitro benzene ring substituents is 1. The first kappa shape index (κ1) is 13.6. The third-order valence-corrected chi connectivity index (χ3v) is 2.60. The van der Waals surface area contributed by atoms with Crippen molar-refractivity contribution in [3.8, 4) is 0 Å². The predicted molar refractivity (Wildman–Crippen MR) is 70.0 cm³/mol. The van der Waals surface area contributed by atoms with E-state index in [2.05, 4.69) is 10.3 Å². The molecule has 1 amide bonds. The molecular weight excluding hydrogens is 265 g/mol. The number of benzene rings is 1. The molecule has 2 rings (SSSR count). The van der Waals surface area contributed by atoms with E-state index in [0.717, 1.165) is 5.56 Å². The van der Waals surface area contributed by atoms with E-state index >= 15 is 0 Å². The van der Waals surface area contributed by atoms with E-state index in [1.807, 2.05) is 0 Å². The van der Waals surface area contributed by atoms with Gasteiger partial charge in [-0.25, -0.2) is 4.98 Å². The molecule has 1 N–H and O–H groups in total. The average Bonchev–Trinajstić information content (AvgIpc) is 2.38. The van der Waals surface area contributed by atoms with Crippen molar-refractivity contribution < 1.29 is 14.1 Å². The second-order valence-corrected chi connectivity index (χ2v) is 4.07. The second-order valence-electron chi connectivity index (χ2n) is 4.07. The maximum Gasteiger partial charge on any atom is 0.292 e. The van der Waals surface area contributed by atoms with Crippen LogP contribution in [0.1, 0.15) is 15.9 Å². The van der Waals surface area contributed by atoms with Crippen molar-refractivity contribution in [3.05, 3.63) is 63.7 Å². The van der Waals surface area contributed by atoms with E-state index in [1.165, 1.54) is 30.5 Å². The third-order valence-electron chi connectivity index (χ3n) is 2.60. The molecule has 102 valence electrons. The van der Waals surface area contributed by atoms with Gasteiger partial charge in [-0.15, -0.1) is 0 Å². The van der Waals surface area contributed by atoms with Gasteiger partial charge < -0.3 is 5.32 Å². The van der Waals surface area contributed by atoms with Crippen LogP contribution in [0, 0.1) is 23.0 Å². The third kappa shape index (κ3) is 2.77. The fourth-order valence-electron chi connectivity index (χ4n) is 1.65. The van der Waals surface area contributed by atoms with Crippen LogP contribution >= 0.6 is 0 Å². The van der Waals surface area contributed by atoms with Crippen LogP contribution in [0.2, 0.25) is 0 Å². The Balaban J connectivity index is 2.35. The highest BCUT2D eigenvalue weighted by Crippen LogP contribution is 2.25. The molecule has 0 aliphatic heterocycles. The molecule has 1 aromatic carbocycles. The number of hydrogen-bond donors (Lipinski definition) is 1. The van der Waals surface area contributed by atoms with Gasteiger partial charge >= 0.3 is 0 Å². The van der Waals surface area contributed by atoms with Gasteiger partial charge in [0.05, 0.1) is 10.5 Å². The van der Waals surface area contributed by atoms with Crippen molar-refractivity contribution in [1.29, 1.82) is 0 Å². The zero-order chi connectivity index (χ0) is 14.7. The highest BCUT2D eigenvalue weighted by atomic mass is 19.1. The number of carbonyl (C=O) groups excluding carboxylic acids is 1. The summed E-state index contributed by atoms with van der Waals surface area (Å²) in [5, 5.41) is 13.2. The number of hydrogen-bond acceptors (Lipinski definition) is 4. The molecule has 0 radical (unpaired) electrons. The molecule has 0 spiro atoms. The largest absolute Gasteiger partial charge is 0.316 e. The Morgan fingerprint density at radius 3 is 2.80 bits per heavy atom.